The van der Waals surface area contributed by atoms with E-state index in [0.717, 1.165) is 6.92 Å². The van der Waals surface area contributed by atoms with Crippen LogP contribution in [-0.4, -0.2) is 22.8 Å². The molecule has 0 aliphatic carbocycles. The number of rotatable bonds is 5. The van der Waals surface area contributed by atoms with Gasteiger partial charge in [-0.05, 0) is 6.92 Å². The van der Waals surface area contributed by atoms with Gasteiger partial charge < -0.3 is 9.84 Å². The summed E-state index contributed by atoms with van der Waals surface area (Å²) in [4.78, 5) is 10.4. The van der Waals surface area contributed by atoms with Gasteiger partial charge in [0.05, 0.1) is 5.57 Å². The molecule has 0 saturated heterocycles. The minimum absolute atomic E-state index is 0.0999. The third kappa shape index (κ3) is 3.99. The molecule has 0 fully saturated rings. The molecule has 1 unspecified atom stereocenters. The molecule has 15 heavy (non-hydrogen) atoms. The third-order valence-electron chi connectivity index (χ3n) is 1.57. The topological polar surface area (TPSA) is 46.5 Å². The summed E-state index contributed by atoms with van der Waals surface area (Å²) in [6, 6.07) is 0. The van der Waals surface area contributed by atoms with Crippen molar-refractivity contribution in [3.63, 3.8) is 0 Å². The van der Waals surface area contributed by atoms with Crippen LogP contribution in [0, 0.1) is 0 Å². The van der Waals surface area contributed by atoms with Gasteiger partial charge in [-0.15, -0.1) is 0 Å². The van der Waals surface area contributed by atoms with E-state index < -0.39 is 29.0 Å². The SMILES string of the molecule is CC/C(OC(F)(F)C(F)Cl)=C(/C)C(=O)O. The van der Waals surface area contributed by atoms with Gasteiger partial charge in [-0.3, -0.25) is 0 Å². The lowest BCUT2D eigenvalue weighted by Crippen LogP contribution is -2.29. The van der Waals surface area contributed by atoms with Crippen LogP contribution in [0.15, 0.2) is 11.3 Å². The maximum Gasteiger partial charge on any atom is 0.444 e. The second kappa shape index (κ2) is 5.25. The number of carbonyl (C=O) groups is 1. The smallest absolute Gasteiger partial charge is 0.444 e. The van der Waals surface area contributed by atoms with Crippen LogP contribution in [0.25, 0.3) is 0 Å². The monoisotopic (exact) mass is 246 g/mol. The maximum atomic E-state index is 12.7. The van der Waals surface area contributed by atoms with Crippen LogP contribution >= 0.6 is 11.6 Å². The van der Waals surface area contributed by atoms with Crippen molar-refractivity contribution in [3.05, 3.63) is 11.3 Å². The molecule has 0 saturated carbocycles. The molecule has 0 aromatic rings. The Labute approximate surface area is 89.5 Å². The number of carboxylic acids is 1. The first-order valence-electron chi connectivity index (χ1n) is 4.00. The van der Waals surface area contributed by atoms with E-state index in [-0.39, 0.29) is 6.42 Å². The molecule has 1 N–H and O–H groups in total. The van der Waals surface area contributed by atoms with E-state index in [4.69, 9.17) is 5.11 Å². The molecule has 0 amide bonds. The van der Waals surface area contributed by atoms with Crippen molar-refractivity contribution in [2.75, 3.05) is 0 Å². The molecule has 3 nitrogen and oxygen atoms in total. The average molecular weight is 247 g/mol. The summed E-state index contributed by atoms with van der Waals surface area (Å²) in [5.74, 6) is -1.91. The van der Waals surface area contributed by atoms with Gasteiger partial charge in [0.15, 0.2) is 0 Å². The highest BCUT2D eigenvalue weighted by Gasteiger charge is 2.42. The number of allylic oxidation sites excluding steroid dienone is 1. The highest BCUT2D eigenvalue weighted by molar-refractivity contribution is 6.20. The van der Waals surface area contributed by atoms with Crippen molar-refractivity contribution in [1.82, 2.24) is 0 Å². The van der Waals surface area contributed by atoms with E-state index in [0.29, 0.717) is 0 Å². The number of hydrogen-bond donors (Lipinski definition) is 1. The first-order valence-corrected chi connectivity index (χ1v) is 4.44. The lowest BCUT2D eigenvalue weighted by atomic mass is 10.2. The third-order valence-corrected chi connectivity index (χ3v) is 1.83. The summed E-state index contributed by atoms with van der Waals surface area (Å²) < 4.78 is 41.4. The number of halogens is 4. The Morgan fingerprint density at radius 3 is 2.33 bits per heavy atom. The van der Waals surface area contributed by atoms with E-state index in [1.807, 2.05) is 0 Å². The zero-order valence-electron chi connectivity index (χ0n) is 8.06. The van der Waals surface area contributed by atoms with Gasteiger partial charge in [-0.25, -0.2) is 9.18 Å². The fourth-order valence-corrected chi connectivity index (χ4v) is 0.786. The van der Waals surface area contributed by atoms with E-state index >= 15 is 0 Å². The molecule has 0 aromatic carbocycles. The van der Waals surface area contributed by atoms with Crippen LogP contribution in [0.2, 0.25) is 0 Å². The quantitative estimate of drug-likeness (QED) is 0.461. The van der Waals surface area contributed by atoms with E-state index in [1.54, 1.807) is 0 Å². The van der Waals surface area contributed by atoms with Gasteiger partial charge >= 0.3 is 12.1 Å². The molecule has 1 atom stereocenters. The predicted molar refractivity (Wildman–Crippen MR) is 47.4 cm³/mol. The van der Waals surface area contributed by atoms with Gasteiger partial charge in [0, 0.05) is 6.42 Å². The van der Waals surface area contributed by atoms with Crippen LogP contribution in [-0.2, 0) is 9.53 Å². The molecule has 0 radical (unpaired) electrons. The largest absolute Gasteiger partial charge is 0.478 e. The zero-order valence-corrected chi connectivity index (χ0v) is 8.82. The minimum Gasteiger partial charge on any atom is -0.478 e. The molecule has 0 rings (SSSR count). The van der Waals surface area contributed by atoms with Crippen LogP contribution in [0.4, 0.5) is 13.2 Å². The Kier molecular flexibility index (Phi) is 4.93. The highest BCUT2D eigenvalue weighted by atomic mass is 35.5. The normalized spacial score (nSPS) is 15.6. The summed E-state index contributed by atoms with van der Waals surface area (Å²) >= 11 is 4.54. The van der Waals surface area contributed by atoms with Gasteiger partial charge in [0.1, 0.15) is 5.76 Å². The van der Waals surface area contributed by atoms with E-state index in [1.165, 1.54) is 6.92 Å². The first kappa shape index (κ1) is 14.1. The van der Waals surface area contributed by atoms with Gasteiger partial charge in [0.25, 0.3) is 5.63 Å². The molecule has 0 bridgehead atoms. The standard InChI is InChI=1S/C8H10ClF3O3/c1-3-5(4(2)6(13)14)15-8(11,12)7(9)10/h7H,3H2,1-2H3,(H,13,14)/b5-4+. The minimum atomic E-state index is -4.23. The van der Waals surface area contributed by atoms with Crippen molar-refractivity contribution in [1.29, 1.82) is 0 Å². The van der Waals surface area contributed by atoms with Crippen LogP contribution < -0.4 is 0 Å². The number of carboxylic acid groups (broad SMARTS) is 1. The van der Waals surface area contributed by atoms with Crippen LogP contribution in [0.3, 0.4) is 0 Å². The maximum absolute atomic E-state index is 12.7. The van der Waals surface area contributed by atoms with Crippen molar-refractivity contribution < 1.29 is 27.8 Å². The van der Waals surface area contributed by atoms with Crippen molar-refractivity contribution in [3.8, 4) is 0 Å². The van der Waals surface area contributed by atoms with Crippen LogP contribution in [0.1, 0.15) is 20.3 Å². The van der Waals surface area contributed by atoms with E-state index in [2.05, 4.69) is 16.3 Å². The fourth-order valence-electron chi connectivity index (χ4n) is 0.742. The zero-order chi connectivity index (χ0) is 12.2. The molecular formula is C8H10ClF3O3. The summed E-state index contributed by atoms with van der Waals surface area (Å²) in [6.07, 6.45) is -4.33. The summed E-state index contributed by atoms with van der Waals surface area (Å²) in [7, 11) is 0. The van der Waals surface area contributed by atoms with Gasteiger partial charge in [0.2, 0.25) is 0 Å². The lowest BCUT2D eigenvalue weighted by Gasteiger charge is -2.20. The molecule has 0 aliphatic rings. The Hall–Kier alpha value is -0.910. The van der Waals surface area contributed by atoms with Crippen molar-refractivity contribution in [2.24, 2.45) is 0 Å². The predicted octanol–water partition coefficient (Wildman–Crippen LogP) is 2.90. The van der Waals surface area contributed by atoms with Crippen LogP contribution in [0.5, 0.6) is 0 Å². The molecule has 7 heteroatoms. The summed E-state index contributed by atoms with van der Waals surface area (Å²) in [6.45, 7) is 2.48. The molecular weight excluding hydrogens is 237 g/mol. The van der Waals surface area contributed by atoms with Gasteiger partial charge in [-0.2, -0.15) is 8.78 Å². The first-order chi connectivity index (χ1) is 6.72. The second-order valence-corrected chi connectivity index (χ2v) is 3.05. The Balaban J connectivity index is 4.90. The Bertz CT molecular complexity index is 276. The number of hydrogen-bond acceptors (Lipinski definition) is 2. The lowest BCUT2D eigenvalue weighted by molar-refractivity contribution is -0.235. The number of alkyl halides is 4. The molecule has 0 heterocycles. The Morgan fingerprint density at radius 1 is 1.60 bits per heavy atom. The molecule has 0 spiro atoms. The number of aliphatic carboxylic acids is 1. The molecule has 88 valence electrons. The van der Waals surface area contributed by atoms with Crippen molar-refractivity contribution in [2.45, 2.75) is 32.0 Å². The van der Waals surface area contributed by atoms with E-state index in [9.17, 15) is 18.0 Å². The number of ether oxygens (including phenoxy) is 1. The second-order valence-electron chi connectivity index (χ2n) is 2.67. The highest BCUT2D eigenvalue weighted by Crippen LogP contribution is 2.30. The van der Waals surface area contributed by atoms with Gasteiger partial charge in [-0.1, -0.05) is 18.5 Å². The summed E-state index contributed by atoms with van der Waals surface area (Å²) in [5, 5.41) is 8.51. The Morgan fingerprint density at radius 2 is 2.07 bits per heavy atom. The fraction of sp³-hybridized carbons (Fsp3) is 0.625. The summed E-state index contributed by atoms with van der Waals surface area (Å²) in [5.41, 5.74) is -3.44. The molecule has 0 aliphatic heterocycles. The average Bonchev–Trinajstić information content (AvgIpc) is 2.12. The van der Waals surface area contributed by atoms with Crippen molar-refractivity contribution >= 4 is 17.6 Å². The molecule has 0 aromatic heterocycles.